The van der Waals surface area contributed by atoms with Gasteiger partial charge in [0.2, 0.25) is 5.91 Å². The summed E-state index contributed by atoms with van der Waals surface area (Å²) in [5, 5.41) is 23.3. The van der Waals surface area contributed by atoms with Crippen LogP contribution in [0.4, 0.5) is 0 Å². The number of hydrogen-bond acceptors (Lipinski definition) is 5. The van der Waals surface area contributed by atoms with Gasteiger partial charge in [-0.15, -0.1) is 0 Å². The van der Waals surface area contributed by atoms with Gasteiger partial charge in [0.25, 0.3) is 0 Å². The monoisotopic (exact) mass is 988 g/mol. The average Bonchev–Trinajstić information content (AvgIpc) is 3.36. The number of allylic oxidation sites excluding steroid dienone is 2. The number of unbranched alkanes of at least 4 members (excludes halogenated alkanes) is 47. The van der Waals surface area contributed by atoms with Crippen molar-refractivity contribution in [3.63, 3.8) is 0 Å². The van der Waals surface area contributed by atoms with Crippen LogP contribution in [0.2, 0.25) is 0 Å². The van der Waals surface area contributed by atoms with Gasteiger partial charge < -0.3 is 20.3 Å². The lowest BCUT2D eigenvalue weighted by molar-refractivity contribution is -0.143. The first-order chi connectivity index (χ1) is 34.5. The molecule has 0 aromatic rings. The van der Waals surface area contributed by atoms with Crippen molar-refractivity contribution in [3.8, 4) is 0 Å². The summed E-state index contributed by atoms with van der Waals surface area (Å²) >= 11 is 0. The van der Waals surface area contributed by atoms with Crippen LogP contribution in [0.25, 0.3) is 0 Å². The number of hydrogen-bond donors (Lipinski definition) is 3. The molecule has 0 rings (SSSR count). The number of carbonyl (C=O) groups is 2. The predicted octanol–water partition coefficient (Wildman–Crippen LogP) is 20.0. The van der Waals surface area contributed by atoms with Crippen molar-refractivity contribution in [3.05, 3.63) is 12.2 Å². The highest BCUT2D eigenvalue weighted by molar-refractivity contribution is 5.76. The van der Waals surface area contributed by atoms with E-state index in [0.717, 1.165) is 44.9 Å². The van der Waals surface area contributed by atoms with Crippen LogP contribution in [0.3, 0.4) is 0 Å². The summed E-state index contributed by atoms with van der Waals surface area (Å²) in [6.07, 6.45) is 72.3. The summed E-state index contributed by atoms with van der Waals surface area (Å²) in [6.45, 7) is 4.96. The molecule has 1 amide bonds. The third kappa shape index (κ3) is 55.9. The predicted molar refractivity (Wildman–Crippen MR) is 306 cm³/mol. The topological polar surface area (TPSA) is 95.9 Å². The Kier molecular flexibility index (Phi) is 59.0. The smallest absolute Gasteiger partial charge is 0.305 e. The lowest BCUT2D eigenvalue weighted by atomic mass is 10.0. The number of esters is 1. The van der Waals surface area contributed by atoms with E-state index in [1.165, 1.54) is 283 Å². The highest BCUT2D eigenvalue weighted by atomic mass is 16.5. The second-order valence-corrected chi connectivity index (χ2v) is 22.1. The number of amides is 1. The molecule has 416 valence electrons. The zero-order valence-electron chi connectivity index (χ0n) is 47.5. The molecule has 0 radical (unpaired) electrons. The minimum Gasteiger partial charge on any atom is -0.466 e. The molecule has 3 N–H and O–H groups in total. The lowest BCUT2D eigenvalue weighted by Gasteiger charge is -2.22. The molecule has 0 aromatic carbocycles. The van der Waals surface area contributed by atoms with Gasteiger partial charge >= 0.3 is 5.97 Å². The normalized spacial score (nSPS) is 12.6. The molecule has 0 fully saturated rings. The lowest BCUT2D eigenvalue weighted by Crippen LogP contribution is -2.45. The van der Waals surface area contributed by atoms with Crippen molar-refractivity contribution < 1.29 is 24.5 Å². The molecule has 0 aliphatic heterocycles. The molecule has 0 heterocycles. The Morgan fingerprint density at radius 2 is 0.671 bits per heavy atom. The summed E-state index contributed by atoms with van der Waals surface area (Å²) in [4.78, 5) is 24.5. The van der Waals surface area contributed by atoms with E-state index in [1.54, 1.807) is 0 Å². The van der Waals surface area contributed by atoms with E-state index in [2.05, 4.69) is 31.3 Å². The Balaban J connectivity index is 3.37. The molecule has 0 saturated heterocycles. The van der Waals surface area contributed by atoms with Gasteiger partial charge in [-0.3, -0.25) is 9.59 Å². The van der Waals surface area contributed by atoms with E-state index in [1.807, 2.05) is 0 Å². The number of rotatable bonds is 60. The van der Waals surface area contributed by atoms with Gasteiger partial charge in [0.15, 0.2) is 0 Å². The van der Waals surface area contributed by atoms with Crippen LogP contribution < -0.4 is 5.32 Å². The quantitative estimate of drug-likeness (QED) is 0.0321. The summed E-state index contributed by atoms with van der Waals surface area (Å²) in [5.41, 5.74) is 0. The van der Waals surface area contributed by atoms with Crippen LogP contribution in [0.15, 0.2) is 12.2 Å². The molecular formula is C64H125NO5. The van der Waals surface area contributed by atoms with Crippen molar-refractivity contribution in [2.24, 2.45) is 0 Å². The maximum absolute atomic E-state index is 12.5. The zero-order chi connectivity index (χ0) is 50.7. The maximum atomic E-state index is 12.5. The van der Waals surface area contributed by atoms with Gasteiger partial charge in [-0.05, 0) is 51.4 Å². The summed E-state index contributed by atoms with van der Waals surface area (Å²) < 4.78 is 5.47. The summed E-state index contributed by atoms with van der Waals surface area (Å²) in [7, 11) is 0. The van der Waals surface area contributed by atoms with Crippen LogP contribution in [-0.2, 0) is 14.3 Å². The Morgan fingerprint density at radius 1 is 0.386 bits per heavy atom. The summed E-state index contributed by atoms with van der Waals surface area (Å²) in [5.74, 6) is -0.0253. The molecule has 0 aliphatic carbocycles. The number of carbonyl (C=O) groups excluding carboxylic acids is 2. The minimum absolute atomic E-state index is 0.00591. The molecule has 6 nitrogen and oxygen atoms in total. The molecule has 0 bridgehead atoms. The third-order valence-corrected chi connectivity index (χ3v) is 15.1. The molecule has 6 heteroatoms. The molecule has 0 spiro atoms. The van der Waals surface area contributed by atoms with Crippen LogP contribution >= 0.6 is 0 Å². The number of aliphatic hydroxyl groups excluding tert-OH is 2. The van der Waals surface area contributed by atoms with Crippen LogP contribution in [0.1, 0.15) is 361 Å². The number of aliphatic hydroxyl groups is 2. The van der Waals surface area contributed by atoms with Gasteiger partial charge in [0.05, 0.1) is 25.4 Å². The van der Waals surface area contributed by atoms with Crippen molar-refractivity contribution in [2.75, 3.05) is 13.2 Å². The van der Waals surface area contributed by atoms with Crippen molar-refractivity contribution >= 4 is 11.9 Å². The van der Waals surface area contributed by atoms with Crippen molar-refractivity contribution in [1.82, 2.24) is 5.32 Å². The Morgan fingerprint density at radius 3 is 1.03 bits per heavy atom. The largest absolute Gasteiger partial charge is 0.466 e. The fourth-order valence-electron chi connectivity index (χ4n) is 10.2. The van der Waals surface area contributed by atoms with Gasteiger partial charge in [-0.1, -0.05) is 309 Å². The van der Waals surface area contributed by atoms with E-state index >= 15 is 0 Å². The Labute approximate surface area is 438 Å². The molecule has 70 heavy (non-hydrogen) atoms. The highest BCUT2D eigenvalue weighted by Crippen LogP contribution is 2.18. The fourth-order valence-corrected chi connectivity index (χ4v) is 10.2. The van der Waals surface area contributed by atoms with Crippen LogP contribution in [0, 0.1) is 0 Å². The van der Waals surface area contributed by atoms with Crippen LogP contribution in [0.5, 0.6) is 0 Å². The van der Waals surface area contributed by atoms with Crippen molar-refractivity contribution in [2.45, 2.75) is 373 Å². The first kappa shape index (κ1) is 68.6. The SMILES string of the molecule is CCCCCC/C=C\CCCCCCCC(=O)OCCCCCCCCCCCCCCCCCCCCCCCCCC(=O)NC(CO)C(O)CCCCCCCCCCCCCCCCCCC. The maximum Gasteiger partial charge on any atom is 0.305 e. The van der Waals surface area contributed by atoms with E-state index in [-0.39, 0.29) is 18.5 Å². The standard InChI is InChI=1S/C64H125NO5/c1-3-5-7-9-11-13-15-17-18-26-29-33-36-40-44-48-52-56-62(67)61(60-66)65-63(68)57-53-49-45-41-37-34-30-27-24-22-20-19-21-23-25-28-31-35-39-43-47-51-55-59-70-64(69)58-54-50-46-42-38-32-16-14-12-10-8-6-4-2/h14,16,61-62,66-67H,3-13,15,17-60H2,1-2H3,(H,65,68)/b16-14-. The minimum atomic E-state index is -0.663. The molecule has 0 aliphatic rings. The Bertz CT molecular complexity index is 1050. The van der Waals surface area contributed by atoms with E-state index in [0.29, 0.717) is 25.9 Å². The second kappa shape index (κ2) is 60.2. The van der Waals surface area contributed by atoms with E-state index in [4.69, 9.17) is 4.74 Å². The van der Waals surface area contributed by atoms with Gasteiger partial charge in [-0.25, -0.2) is 0 Å². The third-order valence-electron chi connectivity index (χ3n) is 15.1. The first-order valence-electron chi connectivity index (χ1n) is 31.9. The number of ether oxygens (including phenoxy) is 1. The van der Waals surface area contributed by atoms with Gasteiger partial charge in [-0.2, -0.15) is 0 Å². The highest BCUT2D eigenvalue weighted by Gasteiger charge is 2.20. The molecular weight excluding hydrogens is 863 g/mol. The van der Waals surface area contributed by atoms with Crippen molar-refractivity contribution in [1.29, 1.82) is 0 Å². The number of nitrogens with one attached hydrogen (secondary N) is 1. The van der Waals surface area contributed by atoms with Gasteiger partial charge in [0, 0.05) is 12.8 Å². The molecule has 0 aromatic heterocycles. The Hall–Kier alpha value is -1.40. The first-order valence-corrected chi connectivity index (χ1v) is 31.9. The second-order valence-electron chi connectivity index (χ2n) is 22.1. The zero-order valence-corrected chi connectivity index (χ0v) is 47.5. The molecule has 2 atom stereocenters. The average molecular weight is 989 g/mol. The van der Waals surface area contributed by atoms with E-state index < -0.39 is 12.1 Å². The van der Waals surface area contributed by atoms with E-state index in [9.17, 15) is 19.8 Å². The van der Waals surface area contributed by atoms with Crippen LogP contribution in [-0.4, -0.2) is 47.4 Å². The molecule has 2 unspecified atom stereocenters. The molecule has 0 saturated carbocycles. The fraction of sp³-hybridized carbons (Fsp3) is 0.938. The summed E-state index contributed by atoms with van der Waals surface area (Å²) in [6, 6.07) is -0.540. The van der Waals surface area contributed by atoms with Gasteiger partial charge in [0.1, 0.15) is 0 Å².